The molecule has 0 fully saturated rings. The highest BCUT2D eigenvalue weighted by Crippen LogP contribution is 2.17. The molecule has 0 saturated carbocycles. The van der Waals surface area contributed by atoms with E-state index in [0.29, 0.717) is 19.3 Å². The molecule has 0 radical (unpaired) electrons. The van der Waals surface area contributed by atoms with E-state index in [0.717, 1.165) is 64.2 Å². The van der Waals surface area contributed by atoms with E-state index in [9.17, 15) is 19.8 Å². The third-order valence-electron chi connectivity index (χ3n) is 12.4. The molecule has 6 heteroatoms. The van der Waals surface area contributed by atoms with Crippen LogP contribution in [0.25, 0.3) is 0 Å². The molecule has 0 heterocycles. The van der Waals surface area contributed by atoms with Gasteiger partial charge in [0.1, 0.15) is 6.10 Å². The average Bonchev–Trinajstić information content (AvgIpc) is 3.29. The van der Waals surface area contributed by atoms with Gasteiger partial charge in [-0.1, -0.05) is 268 Å². The van der Waals surface area contributed by atoms with Gasteiger partial charge in [-0.2, -0.15) is 0 Å². The molecule has 0 aliphatic carbocycles. The van der Waals surface area contributed by atoms with Gasteiger partial charge >= 0.3 is 5.97 Å². The lowest BCUT2D eigenvalue weighted by molar-refractivity contribution is -0.148. The Morgan fingerprint density at radius 1 is 0.469 bits per heavy atom. The highest BCUT2D eigenvalue weighted by Gasteiger charge is 2.23. The summed E-state index contributed by atoms with van der Waals surface area (Å²) >= 11 is 0. The molecule has 0 aliphatic rings. The van der Waals surface area contributed by atoms with E-state index in [1.54, 1.807) is 0 Å². The van der Waals surface area contributed by atoms with Crippen LogP contribution >= 0.6 is 0 Å². The molecule has 3 N–H and O–H groups in total. The van der Waals surface area contributed by atoms with Gasteiger partial charge in [0.15, 0.2) is 0 Å². The number of unbranched alkanes of at least 4 members (excludes halogenated alkanes) is 29. The molecule has 0 bridgehead atoms. The number of hydrogen-bond acceptors (Lipinski definition) is 5. The molecule has 3 unspecified atom stereocenters. The van der Waals surface area contributed by atoms with Gasteiger partial charge in [-0.15, -0.1) is 0 Å². The Labute approximate surface area is 397 Å². The van der Waals surface area contributed by atoms with E-state index >= 15 is 0 Å². The second-order valence-electron chi connectivity index (χ2n) is 18.6. The standard InChI is InChI=1S/C58H105NO5/c1-4-7-10-13-16-19-22-25-28-30-32-35-38-41-44-47-50-56(61)55(53-60)59-57(62)52-54(49-46-43-40-37-34-31-27-24-21-18-15-12-9-6-3)64-58(63)51-48-45-42-39-36-33-29-26-23-20-17-14-11-8-5-2/h9,12,18,21,27,31,37,40,46,49,54-56,60-61H,4-8,10-11,13-17,19-20,22-26,28-30,32-36,38-39,41-45,47-48,50-53H2,1-3H3,(H,59,62)/b12-9+,21-18+,31-27+,40-37+,49-46+. The minimum absolute atomic E-state index is 0.0441. The molecular formula is C58H105NO5. The van der Waals surface area contributed by atoms with Crippen LogP contribution in [0, 0.1) is 0 Å². The van der Waals surface area contributed by atoms with E-state index in [-0.39, 0.29) is 24.9 Å². The second-order valence-corrected chi connectivity index (χ2v) is 18.6. The van der Waals surface area contributed by atoms with E-state index < -0.39 is 18.2 Å². The molecule has 0 aliphatic heterocycles. The maximum absolute atomic E-state index is 13.2. The van der Waals surface area contributed by atoms with E-state index in [4.69, 9.17) is 4.74 Å². The molecule has 0 rings (SSSR count). The summed E-state index contributed by atoms with van der Waals surface area (Å²) < 4.78 is 5.84. The highest BCUT2D eigenvalue weighted by molar-refractivity contribution is 5.78. The van der Waals surface area contributed by atoms with Crippen molar-refractivity contribution in [1.29, 1.82) is 0 Å². The lowest BCUT2D eigenvalue weighted by Crippen LogP contribution is -2.46. The zero-order valence-corrected chi connectivity index (χ0v) is 42.4. The van der Waals surface area contributed by atoms with Gasteiger partial charge in [-0.25, -0.2) is 0 Å². The first-order chi connectivity index (χ1) is 31.5. The van der Waals surface area contributed by atoms with Crippen LogP contribution in [0.3, 0.4) is 0 Å². The first-order valence-electron chi connectivity index (χ1n) is 27.5. The van der Waals surface area contributed by atoms with E-state index in [2.05, 4.69) is 74.7 Å². The van der Waals surface area contributed by atoms with Crippen molar-refractivity contribution in [2.45, 2.75) is 289 Å². The van der Waals surface area contributed by atoms with Crippen molar-refractivity contribution in [3.8, 4) is 0 Å². The molecule has 0 aromatic carbocycles. The summed E-state index contributed by atoms with van der Waals surface area (Å²) in [6, 6.07) is -0.742. The van der Waals surface area contributed by atoms with Gasteiger partial charge in [0.25, 0.3) is 0 Å². The van der Waals surface area contributed by atoms with Gasteiger partial charge in [-0.3, -0.25) is 9.59 Å². The van der Waals surface area contributed by atoms with Gasteiger partial charge in [0.2, 0.25) is 5.91 Å². The Hall–Kier alpha value is -2.44. The van der Waals surface area contributed by atoms with Crippen molar-refractivity contribution in [2.24, 2.45) is 0 Å². The molecule has 64 heavy (non-hydrogen) atoms. The Morgan fingerprint density at radius 3 is 1.19 bits per heavy atom. The Bertz CT molecular complexity index is 1140. The number of ether oxygens (including phenoxy) is 1. The van der Waals surface area contributed by atoms with E-state index in [1.807, 2.05) is 12.2 Å². The van der Waals surface area contributed by atoms with Crippen molar-refractivity contribution < 1.29 is 24.5 Å². The van der Waals surface area contributed by atoms with Crippen LogP contribution in [-0.4, -0.2) is 46.9 Å². The molecule has 0 spiro atoms. The molecule has 6 nitrogen and oxygen atoms in total. The summed E-state index contributed by atoms with van der Waals surface area (Å²) in [6.45, 7) is 6.36. The molecule has 0 aromatic heterocycles. The smallest absolute Gasteiger partial charge is 0.306 e. The number of carbonyl (C=O) groups is 2. The average molecular weight is 896 g/mol. The van der Waals surface area contributed by atoms with Crippen LogP contribution in [0.4, 0.5) is 0 Å². The minimum Gasteiger partial charge on any atom is -0.458 e. The van der Waals surface area contributed by atoms with Crippen molar-refractivity contribution in [2.75, 3.05) is 6.61 Å². The number of rotatable bonds is 49. The zero-order valence-electron chi connectivity index (χ0n) is 42.4. The third-order valence-corrected chi connectivity index (χ3v) is 12.4. The SMILES string of the molecule is CC/C=C/C/C=C/C/C=C/C/C=C/C/C=C/C(CC(=O)NC(CO)C(O)CCCCCCCCCCCCCCCCCC)OC(=O)CCCCCCCCCCCCCCCCC. The molecule has 0 aromatic rings. The number of amides is 1. The normalized spacial score (nSPS) is 13.6. The molecule has 3 atom stereocenters. The summed E-state index contributed by atoms with van der Waals surface area (Å²) in [4.78, 5) is 26.1. The fourth-order valence-electron chi connectivity index (χ4n) is 8.22. The number of aliphatic hydroxyl groups is 2. The topological polar surface area (TPSA) is 95.9 Å². The van der Waals surface area contributed by atoms with Crippen LogP contribution < -0.4 is 5.32 Å². The summed E-state index contributed by atoms with van der Waals surface area (Å²) in [7, 11) is 0. The van der Waals surface area contributed by atoms with Gasteiger partial charge < -0.3 is 20.3 Å². The lowest BCUT2D eigenvalue weighted by atomic mass is 10.0. The Kier molecular flexibility index (Phi) is 49.6. The van der Waals surface area contributed by atoms with Gasteiger partial charge in [-0.05, 0) is 51.0 Å². The number of hydrogen-bond donors (Lipinski definition) is 3. The highest BCUT2D eigenvalue weighted by atomic mass is 16.5. The predicted octanol–water partition coefficient (Wildman–Crippen LogP) is 16.8. The van der Waals surface area contributed by atoms with Crippen LogP contribution in [0.15, 0.2) is 60.8 Å². The van der Waals surface area contributed by atoms with Crippen molar-refractivity contribution in [3.05, 3.63) is 60.8 Å². The fraction of sp³-hybridized carbons (Fsp3) is 0.793. The minimum atomic E-state index is -0.819. The Balaban J connectivity index is 4.64. The van der Waals surface area contributed by atoms with Crippen LogP contribution in [0.2, 0.25) is 0 Å². The number of carbonyl (C=O) groups excluding carboxylic acids is 2. The van der Waals surface area contributed by atoms with Gasteiger partial charge in [0.05, 0.1) is 25.2 Å². The van der Waals surface area contributed by atoms with Crippen LogP contribution in [0.1, 0.15) is 271 Å². The maximum Gasteiger partial charge on any atom is 0.306 e. The van der Waals surface area contributed by atoms with Crippen molar-refractivity contribution >= 4 is 11.9 Å². The maximum atomic E-state index is 13.2. The van der Waals surface area contributed by atoms with E-state index in [1.165, 1.54) is 161 Å². The number of allylic oxidation sites excluding steroid dienone is 9. The summed E-state index contributed by atoms with van der Waals surface area (Å²) in [5.74, 6) is -0.619. The van der Waals surface area contributed by atoms with Crippen LogP contribution in [-0.2, 0) is 14.3 Å². The number of aliphatic hydroxyl groups excluding tert-OH is 2. The first-order valence-corrected chi connectivity index (χ1v) is 27.5. The molecule has 1 amide bonds. The lowest BCUT2D eigenvalue weighted by Gasteiger charge is -2.23. The zero-order chi connectivity index (χ0) is 46.7. The second kappa shape index (κ2) is 51.5. The van der Waals surface area contributed by atoms with Crippen LogP contribution in [0.5, 0.6) is 0 Å². The largest absolute Gasteiger partial charge is 0.458 e. The molecule has 372 valence electrons. The molecule has 0 saturated heterocycles. The monoisotopic (exact) mass is 896 g/mol. The number of nitrogens with one attached hydrogen (secondary N) is 1. The first kappa shape index (κ1) is 61.6. The van der Waals surface area contributed by atoms with Gasteiger partial charge in [0, 0.05) is 6.42 Å². The summed E-state index contributed by atoms with van der Waals surface area (Å²) in [5, 5.41) is 23.8. The molecular weight excluding hydrogens is 791 g/mol. The number of esters is 1. The fourth-order valence-corrected chi connectivity index (χ4v) is 8.22. The summed E-state index contributed by atoms with van der Waals surface area (Å²) in [5.41, 5.74) is 0. The quantitative estimate of drug-likeness (QED) is 0.0321. The third kappa shape index (κ3) is 46.1. The summed E-state index contributed by atoms with van der Waals surface area (Å²) in [6.07, 6.45) is 64.6. The van der Waals surface area contributed by atoms with Crippen molar-refractivity contribution in [1.82, 2.24) is 5.32 Å². The Morgan fingerprint density at radius 2 is 0.812 bits per heavy atom. The van der Waals surface area contributed by atoms with Crippen molar-refractivity contribution in [3.63, 3.8) is 0 Å². The predicted molar refractivity (Wildman–Crippen MR) is 278 cm³/mol.